The normalized spacial score (nSPS) is 15.6. The van der Waals surface area contributed by atoms with Crippen molar-refractivity contribution in [3.05, 3.63) is 48.8 Å². The summed E-state index contributed by atoms with van der Waals surface area (Å²) in [7, 11) is 1.34. The fourth-order valence-corrected chi connectivity index (χ4v) is 3.76. The number of rotatable bonds is 4. The van der Waals surface area contributed by atoms with E-state index in [1.165, 1.54) is 7.11 Å². The molecule has 10 nitrogen and oxygen atoms in total. The van der Waals surface area contributed by atoms with Crippen LogP contribution in [0.1, 0.15) is 26.5 Å². The number of nitrogens with one attached hydrogen (secondary N) is 1. The van der Waals surface area contributed by atoms with Crippen LogP contribution < -0.4 is 9.80 Å². The molecular weight excluding hydrogens is 412 g/mol. The Morgan fingerprint density at radius 2 is 2.00 bits per heavy atom. The first-order valence-electron chi connectivity index (χ1n) is 10.4. The Morgan fingerprint density at radius 1 is 1.19 bits per heavy atom. The summed E-state index contributed by atoms with van der Waals surface area (Å²) in [4.78, 5) is 35.5. The minimum atomic E-state index is -0.476. The molecule has 0 saturated carbocycles. The summed E-state index contributed by atoms with van der Waals surface area (Å²) in [5.74, 6) is 0. The largest absolute Gasteiger partial charge is 0.452 e. The van der Waals surface area contributed by atoms with E-state index in [-0.39, 0.29) is 18.7 Å². The van der Waals surface area contributed by atoms with Crippen LogP contribution >= 0.6 is 0 Å². The van der Waals surface area contributed by atoms with Crippen LogP contribution in [0, 0.1) is 0 Å². The van der Waals surface area contributed by atoms with Gasteiger partial charge in [-0.15, -0.1) is 0 Å². The van der Waals surface area contributed by atoms with E-state index in [9.17, 15) is 9.59 Å². The van der Waals surface area contributed by atoms with Crippen LogP contribution in [0.3, 0.4) is 0 Å². The van der Waals surface area contributed by atoms with Crippen molar-refractivity contribution in [2.75, 3.05) is 23.5 Å². The van der Waals surface area contributed by atoms with E-state index in [0.717, 1.165) is 16.8 Å². The zero-order chi connectivity index (χ0) is 22.8. The molecule has 2 amide bonds. The van der Waals surface area contributed by atoms with Crippen molar-refractivity contribution in [3.63, 3.8) is 0 Å². The number of methoxy groups -OCH3 is 1. The van der Waals surface area contributed by atoms with E-state index < -0.39 is 12.2 Å². The fourth-order valence-electron chi connectivity index (χ4n) is 3.76. The number of amides is 2. The van der Waals surface area contributed by atoms with Crippen LogP contribution in [0.2, 0.25) is 0 Å². The van der Waals surface area contributed by atoms with E-state index in [1.807, 2.05) is 31.3 Å². The van der Waals surface area contributed by atoms with Gasteiger partial charge in [-0.25, -0.2) is 14.6 Å². The number of hydrogen-bond acceptors (Lipinski definition) is 6. The van der Waals surface area contributed by atoms with Crippen LogP contribution in [-0.2, 0) is 16.0 Å². The van der Waals surface area contributed by atoms with Gasteiger partial charge in [0.05, 0.1) is 61.9 Å². The summed E-state index contributed by atoms with van der Waals surface area (Å²) >= 11 is 0. The molecule has 0 unspecified atom stereocenters. The van der Waals surface area contributed by atoms with E-state index in [0.29, 0.717) is 17.9 Å². The molecular formula is C22H26N6O4. The number of anilines is 2. The quantitative estimate of drug-likeness (QED) is 0.667. The molecule has 3 heterocycles. The highest BCUT2D eigenvalue weighted by Crippen LogP contribution is 2.39. The van der Waals surface area contributed by atoms with Gasteiger partial charge in [0.2, 0.25) is 0 Å². The molecule has 1 atom stereocenters. The van der Waals surface area contributed by atoms with Crippen molar-refractivity contribution in [3.8, 4) is 11.1 Å². The van der Waals surface area contributed by atoms with Crippen molar-refractivity contribution in [1.29, 1.82) is 0 Å². The monoisotopic (exact) mass is 438 g/mol. The van der Waals surface area contributed by atoms with Crippen LogP contribution in [0.4, 0.5) is 21.0 Å². The van der Waals surface area contributed by atoms with Gasteiger partial charge in [-0.1, -0.05) is 6.07 Å². The van der Waals surface area contributed by atoms with Crippen molar-refractivity contribution < 1.29 is 19.1 Å². The Bertz CT molecular complexity index is 1110. The van der Waals surface area contributed by atoms with Gasteiger partial charge in [-0.3, -0.25) is 14.5 Å². The van der Waals surface area contributed by atoms with Crippen LogP contribution in [0.5, 0.6) is 0 Å². The third-order valence-corrected chi connectivity index (χ3v) is 5.20. The average molecular weight is 438 g/mol. The van der Waals surface area contributed by atoms with E-state index in [1.54, 1.807) is 47.1 Å². The number of carbonyl (C=O) groups excluding carboxylic acids is 2. The lowest BCUT2D eigenvalue weighted by Gasteiger charge is -2.40. The molecule has 2 aromatic heterocycles. The second-order valence-corrected chi connectivity index (χ2v) is 7.94. The van der Waals surface area contributed by atoms with Crippen LogP contribution in [-0.4, -0.2) is 57.7 Å². The lowest BCUT2D eigenvalue weighted by atomic mass is 10.0. The van der Waals surface area contributed by atoms with Gasteiger partial charge in [0.15, 0.2) is 0 Å². The first kappa shape index (κ1) is 21.4. The number of ether oxygens (including phenoxy) is 2. The molecule has 1 aliphatic heterocycles. The number of aromatic nitrogens is 4. The lowest BCUT2D eigenvalue weighted by molar-refractivity contribution is 0.121. The van der Waals surface area contributed by atoms with Gasteiger partial charge < -0.3 is 14.5 Å². The molecule has 32 heavy (non-hydrogen) atoms. The first-order chi connectivity index (χ1) is 15.4. The highest BCUT2D eigenvalue weighted by molar-refractivity contribution is 6.01. The van der Waals surface area contributed by atoms with Crippen molar-refractivity contribution in [2.24, 2.45) is 0 Å². The first-order valence-corrected chi connectivity index (χ1v) is 10.4. The summed E-state index contributed by atoms with van der Waals surface area (Å²) in [6.45, 7) is 6.32. The van der Waals surface area contributed by atoms with Gasteiger partial charge in [-0.2, -0.15) is 5.10 Å². The minimum absolute atomic E-state index is 0.260. The van der Waals surface area contributed by atoms with E-state index in [4.69, 9.17) is 9.47 Å². The number of H-pyrrole nitrogens is 1. The fraction of sp³-hybridized carbons (Fsp3) is 0.364. The van der Waals surface area contributed by atoms with E-state index >= 15 is 0 Å². The average Bonchev–Trinajstić information content (AvgIpc) is 3.44. The van der Waals surface area contributed by atoms with Crippen molar-refractivity contribution >= 4 is 23.6 Å². The summed E-state index contributed by atoms with van der Waals surface area (Å²) < 4.78 is 12.2. The molecule has 168 valence electrons. The SMILES string of the molecule is COC(=O)N1c2ccc(-c3cnn(Cc4cnc[nH]4)c3)cc2N(C(=O)OC(C)C)C[C@@H]1C. The Kier molecular flexibility index (Phi) is 5.85. The standard InChI is InChI=1S/C22H26N6O4/c1-14(2)32-21(29)27-10-15(3)28(22(30)31-4)19-6-5-16(7-20(19)27)17-8-25-26(11-17)12-18-9-23-13-24-18/h5-9,11,13-15H,10,12H2,1-4H3,(H,23,24)/t15-/m0/s1. The van der Waals surface area contributed by atoms with Crippen LogP contribution in [0.25, 0.3) is 11.1 Å². The van der Waals surface area contributed by atoms with Gasteiger partial charge in [0, 0.05) is 18.0 Å². The van der Waals surface area contributed by atoms with E-state index in [2.05, 4.69) is 15.1 Å². The molecule has 10 heteroatoms. The second kappa shape index (κ2) is 8.74. The van der Waals surface area contributed by atoms with Crippen LogP contribution in [0.15, 0.2) is 43.1 Å². The molecule has 1 N–H and O–H groups in total. The predicted molar refractivity (Wildman–Crippen MR) is 119 cm³/mol. The molecule has 1 aliphatic rings. The number of nitrogens with zero attached hydrogens (tertiary/aromatic N) is 5. The third-order valence-electron chi connectivity index (χ3n) is 5.20. The molecule has 3 aromatic rings. The molecule has 0 spiro atoms. The Morgan fingerprint density at radius 3 is 2.69 bits per heavy atom. The third kappa shape index (κ3) is 4.16. The maximum atomic E-state index is 12.8. The number of benzene rings is 1. The maximum Gasteiger partial charge on any atom is 0.414 e. The topological polar surface area (TPSA) is 106 Å². The maximum absolute atomic E-state index is 12.8. The van der Waals surface area contributed by atoms with Gasteiger partial charge in [0.25, 0.3) is 0 Å². The number of aromatic amines is 1. The highest BCUT2D eigenvalue weighted by Gasteiger charge is 2.36. The van der Waals surface area contributed by atoms with Crippen molar-refractivity contribution in [1.82, 2.24) is 19.7 Å². The summed E-state index contributed by atoms with van der Waals surface area (Å²) in [6, 6.07) is 5.31. The number of fused-ring (bicyclic) bond motifs is 1. The summed E-state index contributed by atoms with van der Waals surface area (Å²) in [5, 5.41) is 4.42. The predicted octanol–water partition coefficient (Wildman–Crippen LogP) is 3.65. The van der Waals surface area contributed by atoms with Gasteiger partial charge in [-0.05, 0) is 38.5 Å². The number of imidazole rings is 1. The zero-order valence-electron chi connectivity index (χ0n) is 18.5. The number of carbonyl (C=O) groups is 2. The second-order valence-electron chi connectivity index (χ2n) is 7.94. The molecule has 0 fully saturated rings. The smallest absolute Gasteiger partial charge is 0.414 e. The van der Waals surface area contributed by atoms with Gasteiger partial charge in [0.1, 0.15) is 0 Å². The lowest BCUT2D eigenvalue weighted by Crippen LogP contribution is -2.52. The molecule has 0 saturated heterocycles. The molecule has 0 radical (unpaired) electrons. The highest BCUT2D eigenvalue weighted by atomic mass is 16.6. The zero-order valence-corrected chi connectivity index (χ0v) is 18.5. The molecule has 4 rings (SSSR count). The molecule has 0 bridgehead atoms. The number of hydrogen-bond donors (Lipinski definition) is 1. The van der Waals surface area contributed by atoms with Crippen molar-refractivity contribution in [2.45, 2.75) is 39.5 Å². The Balaban J connectivity index is 1.71. The van der Waals surface area contributed by atoms with Gasteiger partial charge >= 0.3 is 12.2 Å². The molecule has 0 aliphatic carbocycles. The minimum Gasteiger partial charge on any atom is -0.452 e. The summed E-state index contributed by atoms with van der Waals surface area (Å²) in [6.07, 6.45) is 5.87. The molecule has 1 aromatic carbocycles. The Labute approximate surface area is 185 Å². The Hall–Kier alpha value is -3.82. The summed E-state index contributed by atoms with van der Waals surface area (Å²) in [5.41, 5.74) is 3.85.